The maximum absolute atomic E-state index is 15.0. The number of carbonyl (C=O) groups is 4. The lowest BCUT2D eigenvalue weighted by Gasteiger charge is -2.49. The zero-order valence-corrected chi connectivity index (χ0v) is 31.0. The first-order valence-corrected chi connectivity index (χ1v) is 18.6. The van der Waals surface area contributed by atoms with Crippen molar-refractivity contribution in [1.29, 1.82) is 0 Å². The van der Waals surface area contributed by atoms with Crippen molar-refractivity contribution in [1.82, 2.24) is 14.7 Å². The molecule has 0 bridgehead atoms. The Kier molecular flexibility index (Phi) is 7.94. The van der Waals surface area contributed by atoms with Gasteiger partial charge in [-0.15, -0.1) is 11.3 Å². The molecule has 6 atom stereocenters. The summed E-state index contributed by atoms with van der Waals surface area (Å²) in [5.41, 5.74) is 1.72. The van der Waals surface area contributed by atoms with E-state index in [2.05, 4.69) is 0 Å². The van der Waals surface area contributed by atoms with Crippen molar-refractivity contribution in [3.05, 3.63) is 69.2 Å². The van der Waals surface area contributed by atoms with Crippen LogP contribution in [0.4, 0.5) is 5.82 Å². The molecule has 2 aromatic heterocycles. The second kappa shape index (κ2) is 11.9. The lowest BCUT2D eigenvalue weighted by molar-refractivity contribution is -0.140. The van der Waals surface area contributed by atoms with E-state index in [0.717, 1.165) is 26.1 Å². The highest BCUT2D eigenvalue weighted by molar-refractivity contribution is 7.22. The Hall–Kier alpha value is -4.19. The van der Waals surface area contributed by atoms with E-state index in [1.807, 2.05) is 38.1 Å². The minimum absolute atomic E-state index is 0.0343. The Morgan fingerprint density at radius 3 is 2.55 bits per heavy atom. The lowest BCUT2D eigenvalue weighted by atomic mass is 9.51. The van der Waals surface area contributed by atoms with Crippen LogP contribution in [0.2, 0.25) is 10.0 Å². The summed E-state index contributed by atoms with van der Waals surface area (Å²) >= 11 is 14.4. The molecule has 264 valence electrons. The largest absolute Gasteiger partial charge is 0.503 e. The third-order valence-electron chi connectivity index (χ3n) is 11.6. The van der Waals surface area contributed by atoms with Gasteiger partial charge in [0.25, 0.3) is 0 Å². The average molecular weight is 748 g/mol. The third-order valence-corrected chi connectivity index (χ3v) is 13.5. The van der Waals surface area contributed by atoms with E-state index >= 15 is 4.79 Å². The van der Waals surface area contributed by atoms with Crippen molar-refractivity contribution in [3.63, 3.8) is 0 Å². The summed E-state index contributed by atoms with van der Waals surface area (Å²) in [6, 6.07) is 10.8. The number of likely N-dealkylation sites (tertiary alicyclic amines) is 1. The minimum Gasteiger partial charge on any atom is -0.503 e. The van der Waals surface area contributed by atoms with E-state index in [4.69, 9.17) is 33.0 Å². The number of amides is 4. The van der Waals surface area contributed by atoms with Gasteiger partial charge in [-0.2, -0.15) is 5.10 Å². The van der Waals surface area contributed by atoms with E-state index < -0.39 is 40.9 Å². The molecule has 4 aromatic rings. The number of aromatic hydroxyl groups is 1. The van der Waals surface area contributed by atoms with Crippen molar-refractivity contribution in [2.75, 3.05) is 18.6 Å². The van der Waals surface area contributed by atoms with Crippen LogP contribution >= 0.6 is 34.5 Å². The van der Waals surface area contributed by atoms with E-state index in [1.54, 1.807) is 48.2 Å². The number of hydrogen-bond donors (Lipinski definition) is 1. The number of fused-ring (bicyclic) bond motifs is 5. The fraction of sp³-hybridized carbons (Fsp3) is 0.395. The number of phenols is 1. The minimum atomic E-state index is -1.30. The zero-order chi connectivity index (χ0) is 36.3. The molecule has 1 N–H and O–H groups in total. The lowest BCUT2D eigenvalue weighted by Crippen LogP contribution is -2.49. The molecule has 2 aliphatic heterocycles. The number of methoxy groups -OCH3 is 1. The summed E-state index contributed by atoms with van der Waals surface area (Å²) in [7, 11) is 3.13. The molecule has 3 fully saturated rings. The number of allylic oxidation sites excluding steroid dienone is 2. The molecule has 2 aromatic carbocycles. The number of phenolic OH excluding ortho intramolecular Hbond substituents is 1. The highest BCUT2D eigenvalue weighted by atomic mass is 35.5. The van der Waals surface area contributed by atoms with Gasteiger partial charge in [0, 0.05) is 35.3 Å². The first-order chi connectivity index (χ1) is 24.3. The van der Waals surface area contributed by atoms with Crippen LogP contribution in [0.3, 0.4) is 0 Å². The third kappa shape index (κ3) is 4.70. The second-order valence-corrected chi connectivity index (χ2v) is 16.1. The van der Waals surface area contributed by atoms with Gasteiger partial charge in [-0.05, 0) is 85.9 Å². The molecular formula is C38H36Cl2N4O6S. The summed E-state index contributed by atoms with van der Waals surface area (Å²) in [5, 5.41) is 17.1. The van der Waals surface area contributed by atoms with Crippen molar-refractivity contribution in [2.24, 2.45) is 36.1 Å². The number of aryl methyl sites for hydroxylation is 2. The normalized spacial score (nSPS) is 27.3. The van der Waals surface area contributed by atoms with Crippen LogP contribution in [0.5, 0.6) is 11.5 Å². The van der Waals surface area contributed by atoms with Crippen LogP contribution in [-0.2, 0) is 26.2 Å². The van der Waals surface area contributed by atoms with Gasteiger partial charge in [0.1, 0.15) is 11.5 Å². The maximum atomic E-state index is 15.0. The summed E-state index contributed by atoms with van der Waals surface area (Å²) in [5.74, 6) is -4.14. The molecule has 2 saturated heterocycles. The molecule has 8 rings (SSSR count). The van der Waals surface area contributed by atoms with Gasteiger partial charge in [-0.25, -0.2) is 4.90 Å². The number of benzene rings is 2. The van der Waals surface area contributed by atoms with Crippen LogP contribution in [-0.4, -0.2) is 57.1 Å². The summed E-state index contributed by atoms with van der Waals surface area (Å²) in [6.07, 6.45) is 3.20. The second-order valence-electron chi connectivity index (χ2n) is 14.3. The number of anilines is 1. The Morgan fingerprint density at radius 2 is 1.82 bits per heavy atom. The molecule has 10 nitrogen and oxygen atoms in total. The Labute approximate surface area is 308 Å². The zero-order valence-electron chi connectivity index (χ0n) is 28.7. The van der Waals surface area contributed by atoms with E-state index in [0.29, 0.717) is 41.5 Å². The molecule has 4 aliphatic rings. The molecule has 51 heavy (non-hydrogen) atoms. The van der Waals surface area contributed by atoms with Crippen LogP contribution in [0, 0.1) is 36.0 Å². The van der Waals surface area contributed by atoms with Gasteiger partial charge < -0.3 is 9.84 Å². The van der Waals surface area contributed by atoms with Crippen LogP contribution in [0.15, 0.2) is 48.0 Å². The number of carbonyl (C=O) groups excluding carboxylic acids is 4. The molecule has 6 unspecified atom stereocenters. The number of ether oxygens (including phenoxy) is 1. The van der Waals surface area contributed by atoms with E-state index in [-0.39, 0.29) is 40.7 Å². The molecule has 2 aliphatic carbocycles. The van der Waals surface area contributed by atoms with Crippen LogP contribution < -0.4 is 9.64 Å². The summed E-state index contributed by atoms with van der Waals surface area (Å²) in [6.45, 7) is 6.07. The first kappa shape index (κ1) is 33.9. The Balaban J connectivity index is 1.27. The first-order valence-electron chi connectivity index (χ1n) is 17.0. The van der Waals surface area contributed by atoms with Gasteiger partial charge in [0.2, 0.25) is 23.6 Å². The van der Waals surface area contributed by atoms with Gasteiger partial charge in [0.15, 0.2) is 11.5 Å². The highest BCUT2D eigenvalue weighted by Gasteiger charge is 2.68. The SMILES string of the molecule is CCCN1C(=O)C2CC=C3C(CC4C(=O)N(c5cc(-c6sc7ccc(Cl)cc7c6C)nn5C)C(=O)C4(C)C3c3cc(Cl)c(O)c(OC)c3)C2C1=O. The number of imide groups is 2. The molecular weight excluding hydrogens is 711 g/mol. The molecule has 4 heterocycles. The van der Waals surface area contributed by atoms with Crippen LogP contribution in [0.25, 0.3) is 20.7 Å². The number of hydrogen-bond acceptors (Lipinski definition) is 8. The maximum Gasteiger partial charge on any atom is 0.242 e. The number of rotatable bonds is 6. The predicted octanol–water partition coefficient (Wildman–Crippen LogP) is 7.27. The van der Waals surface area contributed by atoms with Crippen molar-refractivity contribution in [3.8, 4) is 22.1 Å². The van der Waals surface area contributed by atoms with E-state index in [9.17, 15) is 19.5 Å². The molecule has 0 spiro atoms. The fourth-order valence-electron chi connectivity index (χ4n) is 9.25. The molecule has 13 heteroatoms. The number of halogens is 2. The highest BCUT2D eigenvalue weighted by Crippen LogP contribution is 2.64. The van der Waals surface area contributed by atoms with Crippen LogP contribution in [0.1, 0.15) is 50.2 Å². The Bertz CT molecular complexity index is 2240. The van der Waals surface area contributed by atoms with E-state index in [1.165, 1.54) is 16.9 Å². The monoisotopic (exact) mass is 746 g/mol. The Morgan fingerprint density at radius 1 is 1.06 bits per heavy atom. The number of thiophene rings is 1. The van der Waals surface area contributed by atoms with Crippen molar-refractivity contribution >= 4 is 74.1 Å². The van der Waals surface area contributed by atoms with Gasteiger partial charge >= 0.3 is 0 Å². The van der Waals surface area contributed by atoms with Gasteiger partial charge in [-0.3, -0.25) is 28.8 Å². The van der Waals surface area contributed by atoms with Gasteiger partial charge in [0.05, 0.1) is 40.2 Å². The summed E-state index contributed by atoms with van der Waals surface area (Å²) < 4.78 is 8.08. The molecule has 4 amide bonds. The topological polar surface area (TPSA) is 122 Å². The fourth-order valence-corrected chi connectivity index (χ4v) is 10.8. The quantitative estimate of drug-likeness (QED) is 0.163. The predicted molar refractivity (Wildman–Crippen MR) is 195 cm³/mol. The number of aromatic nitrogens is 2. The van der Waals surface area contributed by atoms with Gasteiger partial charge in [-0.1, -0.05) is 41.8 Å². The molecule has 0 radical (unpaired) electrons. The number of nitrogens with zero attached hydrogens (tertiary/aromatic N) is 4. The molecule has 1 saturated carbocycles. The smallest absolute Gasteiger partial charge is 0.242 e. The van der Waals surface area contributed by atoms with Crippen molar-refractivity contribution < 1.29 is 29.0 Å². The van der Waals surface area contributed by atoms with Crippen molar-refractivity contribution in [2.45, 2.75) is 46.0 Å². The summed E-state index contributed by atoms with van der Waals surface area (Å²) in [4.78, 5) is 60.8. The standard InChI is InChI=1S/C38H36Cl2N4O6S/c1-6-11-43-34(46)21-9-8-20-23(30(21)36(43)48)15-24-35(47)44(37(49)38(24,3)31(20)18-12-25(40)32(45)27(13-18)50-5)29-16-26(41-42(29)4)33-17(2)22-14-19(39)7-10-28(22)51-33/h7-8,10,12-14,16,21,23-24,30-31,45H,6,9,11,15H2,1-5H3. The average Bonchev–Trinajstić information content (AvgIpc) is 3.77.